The summed E-state index contributed by atoms with van der Waals surface area (Å²) in [7, 11) is 0. The molecule has 0 saturated carbocycles. The number of carbonyl (C=O) groups excluding carboxylic acids is 1. The molecule has 0 bridgehead atoms. The van der Waals surface area contributed by atoms with Crippen LogP contribution in [0.15, 0.2) is 6.20 Å². The maximum Gasteiger partial charge on any atom is 0.267 e. The summed E-state index contributed by atoms with van der Waals surface area (Å²) in [5, 5.41) is 4.57. The molecule has 1 rings (SSSR count). The van der Waals surface area contributed by atoms with Gasteiger partial charge in [0.2, 0.25) is 0 Å². The van der Waals surface area contributed by atoms with Gasteiger partial charge >= 0.3 is 0 Å². The molecule has 1 heterocycles. The normalized spacial score (nSPS) is 10.1. The molecule has 0 aromatic carbocycles. The van der Waals surface area contributed by atoms with Gasteiger partial charge in [-0.15, -0.1) is 5.10 Å². The van der Waals surface area contributed by atoms with Crippen LogP contribution in [0.1, 0.15) is 23.0 Å². The first-order chi connectivity index (χ1) is 6.79. The molecule has 1 aromatic rings. The minimum atomic E-state index is 0.0310. The van der Waals surface area contributed by atoms with Gasteiger partial charge in [0.15, 0.2) is 0 Å². The van der Waals surface area contributed by atoms with Crippen LogP contribution in [0.2, 0.25) is 0 Å². The Labute approximate surface area is 95.6 Å². The number of halogens is 1. The predicted molar refractivity (Wildman–Crippen MR) is 59.9 cm³/mol. The highest BCUT2D eigenvalue weighted by atomic mass is 79.9. The van der Waals surface area contributed by atoms with E-state index in [4.69, 9.17) is 0 Å². The number of hydrogen-bond donors (Lipinski definition) is 0. The van der Waals surface area contributed by atoms with Crippen molar-refractivity contribution >= 4 is 33.4 Å². The van der Waals surface area contributed by atoms with Gasteiger partial charge in [-0.1, -0.05) is 20.4 Å². The predicted octanol–water partition coefficient (Wildman–Crippen LogP) is 1.79. The lowest BCUT2D eigenvalue weighted by Gasteiger charge is -2.18. The fraction of sp³-hybridized carbons (Fsp3) is 0.625. The third kappa shape index (κ3) is 3.02. The minimum Gasteiger partial charge on any atom is -0.338 e. The Bertz CT molecular complexity index is 278. The number of carbonyl (C=O) groups is 1. The monoisotopic (exact) mass is 277 g/mol. The standard InChI is InChI=1S/C8H12BrN3OS/c1-2-12(5-3-4-9)8(13)7-6-10-11-14-7/h6H,2-5H2,1H3. The number of nitrogens with zero attached hydrogens (tertiary/aromatic N) is 3. The molecular weight excluding hydrogens is 266 g/mol. The van der Waals surface area contributed by atoms with E-state index in [0.29, 0.717) is 4.88 Å². The van der Waals surface area contributed by atoms with E-state index in [0.717, 1.165) is 36.4 Å². The molecule has 0 aliphatic heterocycles. The highest BCUT2D eigenvalue weighted by Gasteiger charge is 2.15. The average molecular weight is 278 g/mol. The Kier molecular flexibility index (Phi) is 5.03. The molecule has 14 heavy (non-hydrogen) atoms. The zero-order valence-corrected chi connectivity index (χ0v) is 10.3. The molecular formula is C8H12BrN3OS. The van der Waals surface area contributed by atoms with Crippen LogP contribution in [-0.2, 0) is 0 Å². The van der Waals surface area contributed by atoms with Gasteiger partial charge in [-0.2, -0.15) is 0 Å². The van der Waals surface area contributed by atoms with Crippen LogP contribution in [0.25, 0.3) is 0 Å². The van der Waals surface area contributed by atoms with Crippen LogP contribution in [0.3, 0.4) is 0 Å². The largest absolute Gasteiger partial charge is 0.338 e. The van der Waals surface area contributed by atoms with Crippen molar-refractivity contribution < 1.29 is 4.79 Å². The fourth-order valence-corrected chi connectivity index (χ4v) is 1.81. The number of aromatic nitrogens is 2. The van der Waals surface area contributed by atoms with Crippen LogP contribution in [0.5, 0.6) is 0 Å². The Hall–Kier alpha value is -0.490. The van der Waals surface area contributed by atoms with Gasteiger partial charge in [-0.05, 0) is 24.9 Å². The Morgan fingerprint density at radius 2 is 2.50 bits per heavy atom. The summed E-state index contributed by atoms with van der Waals surface area (Å²) in [6, 6.07) is 0. The van der Waals surface area contributed by atoms with Gasteiger partial charge < -0.3 is 4.90 Å². The first-order valence-corrected chi connectivity index (χ1v) is 6.31. The van der Waals surface area contributed by atoms with Gasteiger partial charge in [-0.25, -0.2) is 0 Å². The molecule has 6 heteroatoms. The van der Waals surface area contributed by atoms with E-state index in [1.54, 1.807) is 4.90 Å². The van der Waals surface area contributed by atoms with E-state index in [1.165, 1.54) is 6.20 Å². The van der Waals surface area contributed by atoms with Crippen molar-refractivity contribution in [3.63, 3.8) is 0 Å². The maximum atomic E-state index is 11.8. The van der Waals surface area contributed by atoms with Crippen molar-refractivity contribution in [2.45, 2.75) is 13.3 Å². The summed E-state index contributed by atoms with van der Waals surface area (Å²) in [5.41, 5.74) is 0. The molecule has 4 nitrogen and oxygen atoms in total. The summed E-state index contributed by atoms with van der Waals surface area (Å²) in [5.74, 6) is 0.0310. The van der Waals surface area contributed by atoms with Crippen molar-refractivity contribution in [3.05, 3.63) is 11.1 Å². The highest BCUT2D eigenvalue weighted by molar-refractivity contribution is 9.09. The summed E-state index contributed by atoms with van der Waals surface area (Å²) >= 11 is 4.49. The smallest absolute Gasteiger partial charge is 0.267 e. The molecule has 1 amide bonds. The maximum absolute atomic E-state index is 11.8. The zero-order valence-electron chi connectivity index (χ0n) is 7.94. The van der Waals surface area contributed by atoms with E-state index >= 15 is 0 Å². The lowest BCUT2D eigenvalue weighted by molar-refractivity contribution is 0.0769. The molecule has 78 valence electrons. The van der Waals surface area contributed by atoms with Gasteiger partial charge in [0.05, 0.1) is 6.20 Å². The molecule has 0 saturated heterocycles. The molecule has 0 N–H and O–H groups in total. The fourth-order valence-electron chi connectivity index (χ4n) is 1.07. The van der Waals surface area contributed by atoms with Crippen molar-refractivity contribution in [3.8, 4) is 0 Å². The molecule has 0 atom stereocenters. The number of amides is 1. The zero-order chi connectivity index (χ0) is 10.4. The SMILES string of the molecule is CCN(CCCBr)C(=O)c1cnns1. The molecule has 1 aromatic heterocycles. The second-order valence-corrected chi connectivity index (χ2v) is 4.29. The molecule has 0 fully saturated rings. The topological polar surface area (TPSA) is 46.1 Å². The van der Waals surface area contributed by atoms with E-state index in [2.05, 4.69) is 25.5 Å². The molecule has 0 aliphatic carbocycles. The van der Waals surface area contributed by atoms with Crippen molar-refractivity contribution in [2.24, 2.45) is 0 Å². The first kappa shape index (κ1) is 11.6. The van der Waals surface area contributed by atoms with Crippen LogP contribution in [-0.4, -0.2) is 38.8 Å². The Morgan fingerprint density at radius 1 is 1.71 bits per heavy atom. The number of hydrogen-bond acceptors (Lipinski definition) is 4. The van der Waals surface area contributed by atoms with Crippen molar-refractivity contribution in [1.29, 1.82) is 0 Å². The summed E-state index contributed by atoms with van der Waals surface area (Å²) < 4.78 is 3.68. The van der Waals surface area contributed by atoms with Crippen LogP contribution in [0, 0.1) is 0 Å². The molecule has 0 radical (unpaired) electrons. The molecule has 0 unspecified atom stereocenters. The highest BCUT2D eigenvalue weighted by Crippen LogP contribution is 2.07. The summed E-state index contributed by atoms with van der Waals surface area (Å²) in [6.45, 7) is 3.48. The van der Waals surface area contributed by atoms with Crippen molar-refractivity contribution in [2.75, 3.05) is 18.4 Å². The average Bonchev–Trinajstić information content (AvgIpc) is 2.71. The van der Waals surface area contributed by atoms with Gasteiger partial charge in [0.1, 0.15) is 4.88 Å². The lowest BCUT2D eigenvalue weighted by Crippen LogP contribution is -2.31. The Balaban J connectivity index is 2.56. The third-order valence-electron chi connectivity index (χ3n) is 1.80. The Morgan fingerprint density at radius 3 is 3.00 bits per heavy atom. The van der Waals surface area contributed by atoms with Crippen LogP contribution < -0.4 is 0 Å². The first-order valence-electron chi connectivity index (χ1n) is 4.42. The lowest BCUT2D eigenvalue weighted by atomic mass is 10.3. The summed E-state index contributed by atoms with van der Waals surface area (Å²) in [6.07, 6.45) is 2.48. The quantitative estimate of drug-likeness (QED) is 0.771. The van der Waals surface area contributed by atoms with Gasteiger partial charge in [-0.3, -0.25) is 4.79 Å². The van der Waals surface area contributed by atoms with Crippen molar-refractivity contribution in [1.82, 2.24) is 14.5 Å². The third-order valence-corrected chi connectivity index (χ3v) is 3.02. The van der Waals surface area contributed by atoms with Crippen LogP contribution in [0.4, 0.5) is 0 Å². The van der Waals surface area contributed by atoms with Gasteiger partial charge in [0.25, 0.3) is 5.91 Å². The van der Waals surface area contributed by atoms with E-state index in [1.807, 2.05) is 6.92 Å². The summed E-state index contributed by atoms with van der Waals surface area (Å²) in [4.78, 5) is 14.2. The second-order valence-electron chi connectivity index (χ2n) is 2.71. The van der Waals surface area contributed by atoms with Crippen LogP contribution >= 0.6 is 27.5 Å². The minimum absolute atomic E-state index is 0.0310. The second kappa shape index (κ2) is 6.08. The van der Waals surface area contributed by atoms with E-state index in [-0.39, 0.29) is 5.91 Å². The van der Waals surface area contributed by atoms with Gasteiger partial charge in [0, 0.05) is 18.4 Å². The van der Waals surface area contributed by atoms with E-state index in [9.17, 15) is 4.79 Å². The molecule has 0 spiro atoms. The molecule has 0 aliphatic rings. The number of rotatable bonds is 5. The number of alkyl halides is 1. The van der Waals surface area contributed by atoms with E-state index < -0.39 is 0 Å².